The van der Waals surface area contributed by atoms with Crippen LogP contribution in [0.15, 0.2) is 18.2 Å². The van der Waals surface area contributed by atoms with Crippen LogP contribution in [0.25, 0.3) is 0 Å². The second-order valence-electron chi connectivity index (χ2n) is 8.58. The van der Waals surface area contributed by atoms with E-state index in [1.54, 1.807) is 32.0 Å². The van der Waals surface area contributed by atoms with Gasteiger partial charge in [-0.25, -0.2) is 13.2 Å². The first kappa shape index (κ1) is 22.3. The lowest BCUT2D eigenvalue weighted by Crippen LogP contribution is -2.44. The first-order valence-corrected chi connectivity index (χ1v) is 11.9. The highest BCUT2D eigenvalue weighted by Crippen LogP contribution is 2.32. The third-order valence-corrected chi connectivity index (χ3v) is 7.60. The summed E-state index contributed by atoms with van der Waals surface area (Å²) in [5, 5.41) is 2.72. The van der Waals surface area contributed by atoms with Gasteiger partial charge >= 0.3 is 6.03 Å². The fourth-order valence-corrected chi connectivity index (χ4v) is 5.02. The molecular formula is C21H29N3O5S. The zero-order valence-electron chi connectivity index (χ0n) is 17.9. The van der Waals surface area contributed by atoms with Gasteiger partial charge in [-0.15, -0.1) is 0 Å². The van der Waals surface area contributed by atoms with Crippen molar-refractivity contribution in [1.29, 1.82) is 0 Å². The molecule has 1 atom stereocenters. The van der Waals surface area contributed by atoms with Gasteiger partial charge in [-0.2, -0.15) is 0 Å². The standard InChI is InChI=1S/C21H29N3O5S/c1-5-30(28,29)24-11-9-15-12-16(6-7-17(15)24)18(25)13-23-19(26)21(4,22-20(23)27)10-8-14(2)3/h6-7,12,14H,5,8-11,13H2,1-4H3,(H,22,27)/t21-/m0/s1. The molecule has 9 heteroatoms. The van der Waals surface area contributed by atoms with Crippen LogP contribution in [-0.4, -0.2) is 55.4 Å². The quantitative estimate of drug-likeness (QED) is 0.499. The van der Waals surface area contributed by atoms with E-state index in [-0.39, 0.29) is 24.0 Å². The molecule has 2 heterocycles. The van der Waals surface area contributed by atoms with E-state index >= 15 is 0 Å². The Balaban J connectivity index is 1.74. The number of fused-ring (bicyclic) bond motifs is 1. The monoisotopic (exact) mass is 435 g/mol. The van der Waals surface area contributed by atoms with Crippen molar-refractivity contribution in [3.63, 3.8) is 0 Å². The lowest BCUT2D eigenvalue weighted by molar-refractivity contribution is -0.130. The van der Waals surface area contributed by atoms with E-state index in [1.807, 2.05) is 13.8 Å². The number of anilines is 1. The number of benzene rings is 1. The minimum atomic E-state index is -3.36. The van der Waals surface area contributed by atoms with Crippen molar-refractivity contribution in [3.05, 3.63) is 29.3 Å². The summed E-state index contributed by atoms with van der Waals surface area (Å²) in [4.78, 5) is 38.9. The Morgan fingerprint density at radius 1 is 1.27 bits per heavy atom. The smallest absolute Gasteiger partial charge is 0.323 e. The molecule has 1 fully saturated rings. The molecule has 0 bridgehead atoms. The predicted octanol–water partition coefficient (Wildman–Crippen LogP) is 2.33. The van der Waals surface area contributed by atoms with Crippen molar-refractivity contribution in [2.45, 2.75) is 52.5 Å². The number of sulfonamides is 1. The Hall–Kier alpha value is -2.42. The van der Waals surface area contributed by atoms with Crippen LogP contribution in [0, 0.1) is 5.92 Å². The Labute approximate surface area is 177 Å². The normalized spacial score (nSPS) is 21.4. The van der Waals surface area contributed by atoms with Crippen LogP contribution < -0.4 is 9.62 Å². The number of nitrogens with zero attached hydrogens (tertiary/aromatic N) is 2. The molecule has 1 saturated heterocycles. The van der Waals surface area contributed by atoms with Crippen LogP contribution in [0.2, 0.25) is 0 Å². The van der Waals surface area contributed by atoms with Crippen LogP contribution >= 0.6 is 0 Å². The maximum absolute atomic E-state index is 12.8. The number of ketones is 1. The molecule has 2 aliphatic rings. The van der Waals surface area contributed by atoms with Gasteiger partial charge < -0.3 is 5.32 Å². The van der Waals surface area contributed by atoms with Crippen molar-refractivity contribution < 1.29 is 22.8 Å². The number of carbonyl (C=O) groups excluding carboxylic acids is 3. The highest BCUT2D eigenvalue weighted by molar-refractivity contribution is 7.92. The number of Topliss-reactive ketones (excluding diaryl/α,β-unsaturated/α-hetero) is 1. The van der Waals surface area contributed by atoms with Gasteiger partial charge in [-0.05, 0) is 62.8 Å². The topological polar surface area (TPSA) is 104 Å². The Morgan fingerprint density at radius 3 is 2.60 bits per heavy atom. The van der Waals surface area contributed by atoms with Gasteiger partial charge in [0, 0.05) is 12.1 Å². The number of amides is 3. The first-order valence-electron chi connectivity index (χ1n) is 10.3. The van der Waals surface area contributed by atoms with Crippen molar-refractivity contribution in [2.24, 2.45) is 5.92 Å². The van der Waals surface area contributed by atoms with Crippen molar-refractivity contribution in [2.75, 3.05) is 23.1 Å². The molecule has 0 aliphatic carbocycles. The highest BCUT2D eigenvalue weighted by atomic mass is 32.2. The van der Waals surface area contributed by atoms with Gasteiger partial charge in [0.05, 0.1) is 18.0 Å². The fraction of sp³-hybridized carbons (Fsp3) is 0.571. The fourth-order valence-electron chi connectivity index (χ4n) is 3.86. The molecule has 1 aromatic rings. The number of rotatable bonds is 8. The van der Waals surface area contributed by atoms with Gasteiger partial charge in [-0.1, -0.05) is 13.8 Å². The van der Waals surface area contributed by atoms with Crippen LogP contribution in [0.3, 0.4) is 0 Å². The summed E-state index contributed by atoms with van der Waals surface area (Å²) >= 11 is 0. The number of hydrogen-bond donors (Lipinski definition) is 1. The maximum Gasteiger partial charge on any atom is 0.325 e. The van der Waals surface area contributed by atoms with E-state index < -0.39 is 21.6 Å². The molecule has 2 aliphatic heterocycles. The van der Waals surface area contributed by atoms with Crippen molar-refractivity contribution >= 4 is 33.4 Å². The van der Waals surface area contributed by atoms with E-state index in [1.165, 1.54) is 4.31 Å². The summed E-state index contributed by atoms with van der Waals surface area (Å²) < 4.78 is 25.8. The summed E-state index contributed by atoms with van der Waals surface area (Å²) in [5.74, 6) is -0.340. The number of hydrogen-bond acceptors (Lipinski definition) is 5. The average molecular weight is 436 g/mol. The van der Waals surface area contributed by atoms with E-state index in [0.717, 1.165) is 16.9 Å². The molecule has 164 valence electrons. The molecule has 3 amide bonds. The maximum atomic E-state index is 12.8. The van der Waals surface area contributed by atoms with Gasteiger partial charge in [0.2, 0.25) is 10.0 Å². The summed E-state index contributed by atoms with van der Waals surface area (Å²) in [7, 11) is -3.36. The third kappa shape index (κ3) is 4.08. The summed E-state index contributed by atoms with van der Waals surface area (Å²) in [6.07, 6.45) is 1.82. The Kier molecular flexibility index (Phi) is 5.95. The van der Waals surface area contributed by atoms with Crippen LogP contribution in [0.5, 0.6) is 0 Å². The number of carbonyl (C=O) groups is 3. The van der Waals surface area contributed by atoms with E-state index in [0.29, 0.717) is 36.6 Å². The van der Waals surface area contributed by atoms with E-state index in [4.69, 9.17) is 0 Å². The molecule has 0 unspecified atom stereocenters. The molecule has 30 heavy (non-hydrogen) atoms. The summed E-state index contributed by atoms with van der Waals surface area (Å²) in [6, 6.07) is 4.29. The van der Waals surface area contributed by atoms with Gasteiger partial charge in [0.1, 0.15) is 5.54 Å². The largest absolute Gasteiger partial charge is 0.325 e. The SMILES string of the molecule is CCS(=O)(=O)N1CCc2cc(C(=O)CN3C(=O)N[C@@](C)(CCC(C)C)C3=O)ccc21. The molecule has 0 aromatic heterocycles. The first-order chi connectivity index (χ1) is 14.0. The molecule has 8 nitrogen and oxygen atoms in total. The van der Waals surface area contributed by atoms with Crippen LogP contribution in [-0.2, 0) is 21.2 Å². The third-order valence-electron chi connectivity index (χ3n) is 5.82. The van der Waals surface area contributed by atoms with Gasteiger partial charge in [-0.3, -0.25) is 18.8 Å². The number of nitrogens with one attached hydrogen (secondary N) is 1. The molecule has 0 spiro atoms. The lowest BCUT2D eigenvalue weighted by Gasteiger charge is -2.22. The molecular weight excluding hydrogens is 406 g/mol. The molecule has 0 saturated carbocycles. The molecule has 1 aromatic carbocycles. The van der Waals surface area contributed by atoms with Crippen molar-refractivity contribution in [1.82, 2.24) is 10.2 Å². The van der Waals surface area contributed by atoms with Crippen LogP contribution in [0.4, 0.5) is 10.5 Å². The molecule has 3 rings (SSSR count). The van der Waals surface area contributed by atoms with Gasteiger partial charge in [0.25, 0.3) is 5.91 Å². The molecule has 1 N–H and O–H groups in total. The summed E-state index contributed by atoms with van der Waals surface area (Å²) in [6.45, 7) is 7.40. The Bertz CT molecular complexity index is 988. The minimum Gasteiger partial charge on any atom is -0.323 e. The minimum absolute atomic E-state index is 0.00881. The zero-order chi connectivity index (χ0) is 22.3. The Morgan fingerprint density at radius 2 is 1.97 bits per heavy atom. The number of imide groups is 1. The lowest BCUT2D eigenvalue weighted by atomic mass is 9.92. The van der Waals surface area contributed by atoms with Crippen LogP contribution in [0.1, 0.15) is 56.5 Å². The predicted molar refractivity (Wildman–Crippen MR) is 114 cm³/mol. The number of urea groups is 1. The van der Waals surface area contributed by atoms with E-state index in [2.05, 4.69) is 5.32 Å². The van der Waals surface area contributed by atoms with E-state index in [9.17, 15) is 22.8 Å². The van der Waals surface area contributed by atoms with Gasteiger partial charge in [0.15, 0.2) is 5.78 Å². The summed E-state index contributed by atoms with van der Waals surface area (Å²) in [5.41, 5.74) is 0.733. The second kappa shape index (κ2) is 8.02. The second-order valence-corrected chi connectivity index (χ2v) is 10.8. The highest BCUT2D eigenvalue weighted by Gasteiger charge is 2.47. The molecule has 0 radical (unpaired) electrons. The van der Waals surface area contributed by atoms with Crippen molar-refractivity contribution in [3.8, 4) is 0 Å². The average Bonchev–Trinajstić information content (AvgIpc) is 3.21. The zero-order valence-corrected chi connectivity index (χ0v) is 18.7.